The van der Waals surface area contributed by atoms with Gasteiger partial charge in [0.15, 0.2) is 5.78 Å². The van der Waals surface area contributed by atoms with E-state index in [4.69, 9.17) is 27.9 Å². The molecular weight excluding hydrogens is 320 g/mol. The predicted molar refractivity (Wildman–Crippen MR) is 68.8 cm³/mol. The predicted octanol–water partition coefficient (Wildman–Crippen LogP) is 4.15. The fourth-order valence-corrected chi connectivity index (χ4v) is 1.89. The fourth-order valence-electron chi connectivity index (χ4n) is 1.39. The largest absolute Gasteiger partial charge is 0.495 e. The molecule has 0 radical (unpaired) electrons. The van der Waals surface area contributed by atoms with Crippen LogP contribution in [0.25, 0.3) is 0 Å². The van der Waals surface area contributed by atoms with Crippen molar-refractivity contribution in [1.29, 1.82) is 0 Å². The molecule has 0 saturated heterocycles. The Morgan fingerprint density at radius 1 is 1.25 bits per heavy atom. The number of rotatable bonds is 6. The molecule has 0 fully saturated rings. The summed E-state index contributed by atoms with van der Waals surface area (Å²) in [5.74, 6) is -0.150. The lowest BCUT2D eigenvalue weighted by atomic mass is 10.1. The van der Waals surface area contributed by atoms with Gasteiger partial charge >= 0.3 is 6.18 Å². The molecule has 0 bridgehead atoms. The van der Waals surface area contributed by atoms with Crippen molar-refractivity contribution in [2.75, 3.05) is 20.3 Å². The first kappa shape index (κ1) is 17.1. The highest BCUT2D eigenvalue weighted by molar-refractivity contribution is 6.36. The molecule has 0 unspecified atom stereocenters. The Labute approximate surface area is 123 Å². The second-order valence-electron chi connectivity index (χ2n) is 3.81. The average Bonchev–Trinajstić information content (AvgIpc) is 2.35. The Balaban J connectivity index is 2.62. The molecule has 0 heterocycles. The lowest BCUT2D eigenvalue weighted by Crippen LogP contribution is -2.18. The maximum atomic E-state index is 11.8. The van der Waals surface area contributed by atoms with Gasteiger partial charge < -0.3 is 9.47 Å². The van der Waals surface area contributed by atoms with Gasteiger partial charge in [-0.15, -0.1) is 0 Å². The van der Waals surface area contributed by atoms with Crippen molar-refractivity contribution in [1.82, 2.24) is 0 Å². The van der Waals surface area contributed by atoms with Crippen LogP contribution in [-0.4, -0.2) is 32.3 Å². The van der Waals surface area contributed by atoms with Crippen molar-refractivity contribution >= 4 is 29.0 Å². The van der Waals surface area contributed by atoms with E-state index in [1.165, 1.54) is 19.2 Å². The van der Waals surface area contributed by atoms with E-state index in [1.54, 1.807) is 0 Å². The minimum atomic E-state index is -4.41. The van der Waals surface area contributed by atoms with Crippen LogP contribution < -0.4 is 4.74 Å². The van der Waals surface area contributed by atoms with Gasteiger partial charge in [-0.1, -0.05) is 23.2 Å². The van der Waals surface area contributed by atoms with Gasteiger partial charge in [0.05, 0.1) is 23.8 Å². The van der Waals surface area contributed by atoms with E-state index in [-0.39, 0.29) is 28.6 Å². The highest BCUT2D eigenvalue weighted by atomic mass is 35.5. The lowest BCUT2D eigenvalue weighted by molar-refractivity contribution is -0.173. The Morgan fingerprint density at radius 2 is 1.90 bits per heavy atom. The second kappa shape index (κ2) is 7.15. The fraction of sp³-hybridized carbons (Fsp3) is 0.417. The van der Waals surface area contributed by atoms with Crippen LogP contribution in [0, 0.1) is 0 Å². The summed E-state index contributed by atoms with van der Waals surface area (Å²) in [4.78, 5) is 11.8. The molecule has 0 spiro atoms. The molecule has 0 atom stereocenters. The SMILES string of the molecule is COc1cc(Cl)c(C(=O)CCOCC(F)(F)F)cc1Cl. The van der Waals surface area contributed by atoms with Crippen molar-refractivity contribution in [2.45, 2.75) is 12.6 Å². The number of methoxy groups -OCH3 is 1. The van der Waals surface area contributed by atoms with E-state index < -0.39 is 18.6 Å². The number of ether oxygens (including phenoxy) is 2. The molecule has 3 nitrogen and oxygen atoms in total. The molecule has 8 heteroatoms. The lowest BCUT2D eigenvalue weighted by Gasteiger charge is -2.09. The van der Waals surface area contributed by atoms with Crippen molar-refractivity contribution < 1.29 is 27.4 Å². The Kier molecular flexibility index (Phi) is 6.10. The maximum Gasteiger partial charge on any atom is 0.411 e. The normalized spacial score (nSPS) is 11.5. The maximum absolute atomic E-state index is 11.8. The molecule has 0 aliphatic heterocycles. The summed E-state index contributed by atoms with van der Waals surface area (Å²) in [6, 6.07) is 2.68. The van der Waals surface area contributed by atoms with E-state index in [9.17, 15) is 18.0 Å². The van der Waals surface area contributed by atoms with Crippen LogP contribution in [0.4, 0.5) is 13.2 Å². The number of hydrogen-bond acceptors (Lipinski definition) is 3. The summed E-state index contributed by atoms with van der Waals surface area (Å²) in [7, 11) is 1.39. The van der Waals surface area contributed by atoms with Crippen LogP contribution >= 0.6 is 23.2 Å². The van der Waals surface area contributed by atoms with E-state index in [2.05, 4.69) is 4.74 Å². The number of halogens is 5. The number of benzene rings is 1. The van der Waals surface area contributed by atoms with Gasteiger partial charge in [-0.25, -0.2) is 0 Å². The summed E-state index contributed by atoms with van der Waals surface area (Å²) in [6.45, 7) is -1.74. The summed E-state index contributed by atoms with van der Waals surface area (Å²) in [5, 5.41) is 0.309. The van der Waals surface area contributed by atoms with Crippen molar-refractivity contribution in [3.8, 4) is 5.75 Å². The summed E-state index contributed by atoms with van der Waals surface area (Å²) in [6.07, 6.45) is -4.64. The van der Waals surface area contributed by atoms with E-state index in [1.807, 2.05) is 0 Å². The molecule has 1 rings (SSSR count). The number of Topliss-reactive ketones (excluding diaryl/α,β-unsaturated/α-hetero) is 1. The van der Waals surface area contributed by atoms with Crippen LogP contribution in [0.1, 0.15) is 16.8 Å². The minimum Gasteiger partial charge on any atom is -0.495 e. The van der Waals surface area contributed by atoms with Crippen molar-refractivity contribution in [3.63, 3.8) is 0 Å². The zero-order chi connectivity index (χ0) is 15.3. The van der Waals surface area contributed by atoms with Crippen LogP contribution in [0.2, 0.25) is 10.0 Å². The average molecular weight is 331 g/mol. The van der Waals surface area contributed by atoms with Gasteiger partial charge in [-0.3, -0.25) is 4.79 Å². The van der Waals surface area contributed by atoms with Crippen LogP contribution in [0.3, 0.4) is 0 Å². The van der Waals surface area contributed by atoms with Crippen LogP contribution in [0.5, 0.6) is 5.75 Å². The van der Waals surface area contributed by atoms with Gasteiger partial charge in [0.2, 0.25) is 0 Å². The number of alkyl halides is 3. The third-order valence-electron chi connectivity index (χ3n) is 2.28. The Morgan fingerprint density at radius 3 is 2.45 bits per heavy atom. The third-order valence-corrected chi connectivity index (χ3v) is 2.89. The number of carbonyl (C=O) groups excluding carboxylic acids is 1. The first-order valence-electron chi connectivity index (χ1n) is 5.45. The van der Waals surface area contributed by atoms with Crippen LogP contribution in [-0.2, 0) is 4.74 Å². The van der Waals surface area contributed by atoms with E-state index in [0.29, 0.717) is 5.75 Å². The van der Waals surface area contributed by atoms with E-state index >= 15 is 0 Å². The molecule has 0 saturated carbocycles. The number of hydrogen-bond donors (Lipinski definition) is 0. The molecule has 0 aliphatic carbocycles. The molecule has 112 valence electrons. The Hall–Kier alpha value is -0.980. The van der Waals surface area contributed by atoms with Gasteiger partial charge in [-0.05, 0) is 6.07 Å². The van der Waals surface area contributed by atoms with Gasteiger partial charge in [0, 0.05) is 18.1 Å². The van der Waals surface area contributed by atoms with Crippen molar-refractivity contribution in [2.24, 2.45) is 0 Å². The minimum absolute atomic E-state index is 0.118. The molecule has 1 aromatic rings. The van der Waals surface area contributed by atoms with E-state index in [0.717, 1.165) is 0 Å². The molecule has 0 amide bonds. The monoisotopic (exact) mass is 330 g/mol. The molecule has 1 aromatic carbocycles. The molecular formula is C12H11Cl2F3O3. The Bertz CT molecular complexity index is 490. The third kappa shape index (κ3) is 5.19. The van der Waals surface area contributed by atoms with Gasteiger partial charge in [0.25, 0.3) is 0 Å². The quantitative estimate of drug-likeness (QED) is 0.580. The van der Waals surface area contributed by atoms with Crippen LogP contribution in [0.15, 0.2) is 12.1 Å². The second-order valence-corrected chi connectivity index (χ2v) is 4.62. The highest BCUT2D eigenvalue weighted by Gasteiger charge is 2.27. The molecule has 0 N–H and O–H groups in total. The smallest absolute Gasteiger partial charge is 0.411 e. The zero-order valence-electron chi connectivity index (χ0n) is 10.4. The van der Waals surface area contributed by atoms with Crippen molar-refractivity contribution in [3.05, 3.63) is 27.7 Å². The van der Waals surface area contributed by atoms with Gasteiger partial charge in [-0.2, -0.15) is 13.2 Å². The first-order valence-corrected chi connectivity index (χ1v) is 6.21. The van der Waals surface area contributed by atoms with Gasteiger partial charge in [0.1, 0.15) is 12.4 Å². The first-order chi connectivity index (χ1) is 9.24. The number of ketones is 1. The molecule has 0 aliphatic rings. The molecule has 20 heavy (non-hydrogen) atoms. The zero-order valence-corrected chi connectivity index (χ0v) is 11.9. The summed E-state index contributed by atoms with van der Waals surface area (Å²) < 4.78 is 44.8. The highest BCUT2D eigenvalue weighted by Crippen LogP contribution is 2.31. The number of carbonyl (C=O) groups is 1. The molecule has 0 aromatic heterocycles. The summed E-state index contributed by atoms with van der Waals surface area (Å²) >= 11 is 11.7. The standard InChI is InChI=1S/C12H11Cl2F3O3/c1-19-11-5-8(13)7(4-9(11)14)10(18)2-3-20-6-12(15,16)17/h4-5H,2-3,6H2,1H3. The topological polar surface area (TPSA) is 35.5 Å². The summed E-state index contributed by atoms with van der Waals surface area (Å²) in [5.41, 5.74) is 0.119.